The second-order valence-electron chi connectivity index (χ2n) is 8.57. The fraction of sp³-hybridized carbons (Fsp3) is 0.250. The van der Waals surface area contributed by atoms with Crippen molar-refractivity contribution in [1.82, 2.24) is 15.6 Å². The van der Waals surface area contributed by atoms with Gasteiger partial charge in [-0.05, 0) is 47.7 Å². The van der Waals surface area contributed by atoms with Gasteiger partial charge in [-0.25, -0.2) is 0 Å². The van der Waals surface area contributed by atoms with E-state index in [1.165, 1.54) is 10.9 Å². The molecular formula is C28H29N3O2. The molecule has 1 amide bonds. The van der Waals surface area contributed by atoms with Crippen LogP contribution in [0.5, 0.6) is 5.75 Å². The Morgan fingerprint density at radius 1 is 0.939 bits per heavy atom. The van der Waals surface area contributed by atoms with Crippen LogP contribution in [0.3, 0.4) is 0 Å². The number of hydrogen-bond acceptors (Lipinski definition) is 3. The Kier molecular flexibility index (Phi) is 6.40. The highest BCUT2D eigenvalue weighted by Gasteiger charge is 2.31. The lowest BCUT2D eigenvalue weighted by Crippen LogP contribution is -2.55. The molecule has 5 nitrogen and oxygen atoms in total. The van der Waals surface area contributed by atoms with Gasteiger partial charge in [-0.15, -0.1) is 0 Å². The predicted octanol–water partition coefficient (Wildman–Crippen LogP) is 4.55. The van der Waals surface area contributed by atoms with E-state index in [9.17, 15) is 4.79 Å². The number of benzene rings is 3. The molecule has 1 aliphatic rings. The number of fused-ring (bicyclic) bond motifs is 1. The van der Waals surface area contributed by atoms with Crippen LogP contribution in [0.4, 0.5) is 0 Å². The quantitative estimate of drug-likeness (QED) is 0.377. The molecule has 168 valence electrons. The van der Waals surface area contributed by atoms with Gasteiger partial charge in [0.05, 0.1) is 6.04 Å². The molecule has 5 rings (SSSR count). The molecule has 3 N–H and O–H groups in total. The van der Waals surface area contributed by atoms with Gasteiger partial charge in [0, 0.05) is 36.1 Å². The van der Waals surface area contributed by atoms with Crippen molar-refractivity contribution in [1.29, 1.82) is 0 Å². The molecule has 1 saturated heterocycles. The number of aromatic amines is 1. The number of aryl methyl sites for hydroxylation is 1. The first-order chi connectivity index (χ1) is 16.3. The standard InChI is InChI=1S/C28H29N3O2/c32-28-27(29-15-16-30-28)25(14-13-22-18-31-26-12-5-4-11-24(22)26)21-9-6-10-23(17-21)33-19-20-7-2-1-3-8-20/h1-12,17-18,25,27,29,31H,13-16,19H2,(H,30,32)/t25?,27-/m1/s1. The summed E-state index contributed by atoms with van der Waals surface area (Å²) in [6.07, 6.45) is 3.83. The molecule has 4 aromatic rings. The summed E-state index contributed by atoms with van der Waals surface area (Å²) in [5.74, 6) is 0.935. The van der Waals surface area contributed by atoms with Crippen LogP contribution in [-0.2, 0) is 17.8 Å². The Morgan fingerprint density at radius 3 is 2.67 bits per heavy atom. The minimum Gasteiger partial charge on any atom is -0.489 e. The first-order valence-electron chi connectivity index (χ1n) is 11.6. The predicted molar refractivity (Wildman–Crippen MR) is 131 cm³/mol. The minimum atomic E-state index is -0.256. The number of H-pyrrole nitrogens is 1. The maximum Gasteiger partial charge on any atom is 0.237 e. The van der Waals surface area contributed by atoms with Crippen molar-refractivity contribution in [2.24, 2.45) is 0 Å². The van der Waals surface area contributed by atoms with E-state index < -0.39 is 0 Å². The number of piperazine rings is 1. The van der Waals surface area contributed by atoms with Gasteiger partial charge in [0.2, 0.25) is 5.91 Å². The third kappa shape index (κ3) is 4.94. The Balaban J connectivity index is 1.37. The van der Waals surface area contributed by atoms with E-state index in [0.29, 0.717) is 13.2 Å². The van der Waals surface area contributed by atoms with Crippen molar-refractivity contribution in [3.63, 3.8) is 0 Å². The van der Waals surface area contributed by atoms with Crippen molar-refractivity contribution in [2.45, 2.75) is 31.4 Å². The van der Waals surface area contributed by atoms with E-state index in [4.69, 9.17) is 4.74 Å². The monoisotopic (exact) mass is 439 g/mol. The second kappa shape index (κ2) is 9.92. The maximum atomic E-state index is 12.8. The normalized spacial score (nSPS) is 17.0. The summed E-state index contributed by atoms with van der Waals surface area (Å²) in [5, 5.41) is 7.73. The van der Waals surface area contributed by atoms with Crippen molar-refractivity contribution < 1.29 is 9.53 Å². The Bertz CT molecular complexity index is 1220. The molecular weight excluding hydrogens is 410 g/mol. The molecule has 5 heteroatoms. The fourth-order valence-corrected chi connectivity index (χ4v) is 4.69. The largest absolute Gasteiger partial charge is 0.489 e. The number of carbonyl (C=O) groups is 1. The molecule has 0 saturated carbocycles. The van der Waals surface area contributed by atoms with Crippen LogP contribution in [0.15, 0.2) is 85.1 Å². The molecule has 0 bridgehead atoms. The van der Waals surface area contributed by atoms with Crippen molar-refractivity contribution in [2.75, 3.05) is 13.1 Å². The number of hydrogen-bond donors (Lipinski definition) is 3. The van der Waals surface area contributed by atoms with E-state index in [1.54, 1.807) is 0 Å². The van der Waals surface area contributed by atoms with Gasteiger partial charge in [-0.3, -0.25) is 4.79 Å². The lowest BCUT2D eigenvalue weighted by atomic mass is 9.85. The van der Waals surface area contributed by atoms with E-state index in [-0.39, 0.29) is 17.9 Å². The number of aromatic nitrogens is 1. The van der Waals surface area contributed by atoms with Gasteiger partial charge in [-0.1, -0.05) is 60.7 Å². The average Bonchev–Trinajstić information content (AvgIpc) is 3.28. The molecule has 0 radical (unpaired) electrons. The topological polar surface area (TPSA) is 66.2 Å². The highest BCUT2D eigenvalue weighted by Crippen LogP contribution is 2.31. The van der Waals surface area contributed by atoms with Gasteiger partial charge < -0.3 is 20.4 Å². The Hall–Kier alpha value is -3.57. The maximum absolute atomic E-state index is 12.8. The van der Waals surface area contributed by atoms with Crippen LogP contribution in [-0.4, -0.2) is 30.0 Å². The van der Waals surface area contributed by atoms with E-state index in [1.807, 2.05) is 36.4 Å². The number of rotatable bonds is 8. The highest BCUT2D eigenvalue weighted by atomic mass is 16.5. The zero-order valence-electron chi connectivity index (χ0n) is 18.6. The lowest BCUT2D eigenvalue weighted by molar-refractivity contribution is -0.124. The van der Waals surface area contributed by atoms with E-state index in [2.05, 4.69) is 64.3 Å². The van der Waals surface area contributed by atoms with Gasteiger partial charge in [0.15, 0.2) is 0 Å². The molecule has 1 aromatic heterocycles. The van der Waals surface area contributed by atoms with Crippen LogP contribution < -0.4 is 15.4 Å². The van der Waals surface area contributed by atoms with Crippen LogP contribution in [0.1, 0.15) is 29.0 Å². The first kappa shape index (κ1) is 21.3. The molecule has 1 fully saturated rings. The summed E-state index contributed by atoms with van der Waals surface area (Å²) in [4.78, 5) is 16.1. The summed E-state index contributed by atoms with van der Waals surface area (Å²) < 4.78 is 6.08. The number of nitrogens with one attached hydrogen (secondary N) is 3. The minimum absolute atomic E-state index is 0.0410. The number of carbonyl (C=O) groups excluding carboxylic acids is 1. The van der Waals surface area contributed by atoms with E-state index in [0.717, 1.165) is 41.8 Å². The van der Waals surface area contributed by atoms with Crippen molar-refractivity contribution in [3.8, 4) is 5.75 Å². The van der Waals surface area contributed by atoms with Gasteiger partial charge in [-0.2, -0.15) is 0 Å². The van der Waals surface area contributed by atoms with Gasteiger partial charge >= 0.3 is 0 Å². The molecule has 1 unspecified atom stereocenters. The fourth-order valence-electron chi connectivity index (χ4n) is 4.69. The zero-order valence-corrected chi connectivity index (χ0v) is 18.6. The Morgan fingerprint density at radius 2 is 1.79 bits per heavy atom. The van der Waals surface area contributed by atoms with E-state index >= 15 is 0 Å². The van der Waals surface area contributed by atoms with Crippen molar-refractivity contribution in [3.05, 3.63) is 102 Å². The van der Waals surface area contributed by atoms with Crippen LogP contribution >= 0.6 is 0 Å². The molecule has 1 aliphatic heterocycles. The summed E-state index contributed by atoms with van der Waals surface area (Å²) in [7, 11) is 0. The molecule has 0 aliphatic carbocycles. The van der Waals surface area contributed by atoms with Crippen molar-refractivity contribution >= 4 is 16.8 Å². The molecule has 2 heterocycles. The molecule has 3 aromatic carbocycles. The summed E-state index contributed by atoms with van der Waals surface area (Å²) in [5.41, 5.74) is 4.68. The van der Waals surface area contributed by atoms with Gasteiger partial charge in [0.25, 0.3) is 0 Å². The van der Waals surface area contributed by atoms with Gasteiger partial charge in [0.1, 0.15) is 12.4 Å². The third-order valence-corrected chi connectivity index (χ3v) is 6.41. The summed E-state index contributed by atoms with van der Waals surface area (Å²) >= 11 is 0. The first-order valence-corrected chi connectivity index (χ1v) is 11.6. The smallest absolute Gasteiger partial charge is 0.237 e. The van der Waals surface area contributed by atoms with Crippen LogP contribution in [0.25, 0.3) is 10.9 Å². The zero-order chi connectivity index (χ0) is 22.5. The lowest BCUT2D eigenvalue weighted by Gasteiger charge is -2.31. The molecule has 2 atom stereocenters. The highest BCUT2D eigenvalue weighted by molar-refractivity contribution is 5.84. The number of para-hydroxylation sites is 1. The summed E-state index contributed by atoms with van der Waals surface area (Å²) in [6.45, 7) is 1.97. The average molecular weight is 440 g/mol. The molecule has 33 heavy (non-hydrogen) atoms. The number of amides is 1. The third-order valence-electron chi connectivity index (χ3n) is 6.41. The number of ether oxygens (including phenoxy) is 1. The molecule has 0 spiro atoms. The summed E-state index contributed by atoms with van der Waals surface area (Å²) in [6, 6.07) is 26.5. The second-order valence-corrected chi connectivity index (χ2v) is 8.57. The Labute approximate surface area is 194 Å². The van der Waals surface area contributed by atoms with Crippen LogP contribution in [0.2, 0.25) is 0 Å². The van der Waals surface area contributed by atoms with Crippen LogP contribution in [0, 0.1) is 0 Å². The SMILES string of the molecule is O=C1NCCN[C@@H]1C(CCc1c[nH]c2ccccc12)c1cccc(OCc2ccccc2)c1.